The van der Waals surface area contributed by atoms with E-state index in [9.17, 15) is 0 Å². The lowest BCUT2D eigenvalue weighted by molar-refractivity contribution is 0.0244. The molecule has 1 saturated carbocycles. The van der Waals surface area contributed by atoms with Crippen LogP contribution in [0, 0.1) is 0 Å². The van der Waals surface area contributed by atoms with Crippen LogP contribution in [0.2, 0.25) is 0 Å². The molecule has 1 aliphatic carbocycles. The van der Waals surface area contributed by atoms with Crippen molar-refractivity contribution >= 4 is 0 Å². The second kappa shape index (κ2) is 6.44. The third kappa shape index (κ3) is 2.89. The van der Waals surface area contributed by atoms with Crippen LogP contribution in [-0.4, -0.2) is 12.7 Å². The van der Waals surface area contributed by atoms with Gasteiger partial charge in [-0.05, 0) is 43.7 Å². The average molecular weight is 280 g/mol. The maximum atomic E-state index is 5.85. The summed E-state index contributed by atoms with van der Waals surface area (Å²) in [5.41, 5.74) is 3.06. The van der Waals surface area contributed by atoms with Crippen molar-refractivity contribution in [3.8, 4) is 0 Å². The van der Waals surface area contributed by atoms with E-state index in [1.165, 1.54) is 24.0 Å². The van der Waals surface area contributed by atoms with Crippen LogP contribution in [0.5, 0.6) is 0 Å². The molecular weight excluding hydrogens is 256 g/mol. The third-order valence-corrected chi connectivity index (χ3v) is 4.84. The first kappa shape index (κ1) is 14.3. The molecule has 1 aliphatic rings. The molecule has 0 aliphatic heterocycles. The zero-order valence-electron chi connectivity index (χ0n) is 12.8. The van der Waals surface area contributed by atoms with Gasteiger partial charge in [0.05, 0.1) is 6.10 Å². The van der Waals surface area contributed by atoms with E-state index in [1.54, 1.807) is 0 Å². The van der Waals surface area contributed by atoms with E-state index >= 15 is 0 Å². The van der Waals surface area contributed by atoms with E-state index in [-0.39, 0.29) is 5.41 Å². The molecule has 0 unspecified atom stereocenters. The molecule has 1 nitrogen and oxygen atoms in total. The van der Waals surface area contributed by atoms with Crippen molar-refractivity contribution in [2.75, 3.05) is 6.61 Å². The van der Waals surface area contributed by atoms with Crippen LogP contribution in [0.1, 0.15) is 43.7 Å². The highest BCUT2D eigenvalue weighted by Crippen LogP contribution is 2.45. The van der Waals surface area contributed by atoms with E-state index in [0.717, 1.165) is 19.4 Å². The smallest absolute Gasteiger partial charge is 0.0575 e. The van der Waals surface area contributed by atoms with Gasteiger partial charge in [-0.1, -0.05) is 60.7 Å². The Bertz CT molecular complexity index is 497. The highest BCUT2D eigenvalue weighted by Gasteiger charge is 2.38. The van der Waals surface area contributed by atoms with Gasteiger partial charge in [-0.15, -0.1) is 0 Å². The van der Waals surface area contributed by atoms with E-state index in [4.69, 9.17) is 4.74 Å². The first-order valence-corrected chi connectivity index (χ1v) is 8.08. The van der Waals surface area contributed by atoms with Crippen molar-refractivity contribution in [2.24, 2.45) is 0 Å². The number of rotatable bonds is 4. The van der Waals surface area contributed by atoms with Gasteiger partial charge in [-0.2, -0.15) is 0 Å². The molecule has 0 spiro atoms. The second-order valence-electron chi connectivity index (χ2n) is 5.97. The largest absolute Gasteiger partial charge is 0.379 e. The molecule has 0 heterocycles. The molecule has 0 N–H and O–H groups in total. The Morgan fingerprint density at radius 2 is 1.33 bits per heavy atom. The van der Waals surface area contributed by atoms with E-state index in [2.05, 4.69) is 67.6 Å². The maximum Gasteiger partial charge on any atom is 0.0575 e. The van der Waals surface area contributed by atoms with Gasteiger partial charge in [0, 0.05) is 12.0 Å². The molecule has 0 atom stereocenters. The molecule has 0 radical (unpaired) electrons. The number of benzene rings is 2. The van der Waals surface area contributed by atoms with Crippen molar-refractivity contribution in [1.82, 2.24) is 0 Å². The predicted molar refractivity (Wildman–Crippen MR) is 87.5 cm³/mol. The van der Waals surface area contributed by atoms with Crippen molar-refractivity contribution in [2.45, 2.75) is 44.1 Å². The Balaban J connectivity index is 1.94. The first-order valence-electron chi connectivity index (χ1n) is 8.08. The summed E-state index contributed by atoms with van der Waals surface area (Å²) in [5, 5.41) is 0. The van der Waals surface area contributed by atoms with Gasteiger partial charge in [0.1, 0.15) is 0 Å². The van der Waals surface area contributed by atoms with Crippen LogP contribution in [0.3, 0.4) is 0 Å². The SMILES string of the molecule is CCOC1CCC(c2ccccc2)(c2ccccc2)CC1. The number of hydrogen-bond acceptors (Lipinski definition) is 1. The van der Waals surface area contributed by atoms with Crippen LogP contribution in [0.25, 0.3) is 0 Å². The predicted octanol–water partition coefficient (Wildman–Crippen LogP) is 4.95. The molecule has 0 amide bonds. The van der Waals surface area contributed by atoms with Gasteiger partial charge in [-0.25, -0.2) is 0 Å². The Morgan fingerprint density at radius 1 is 0.857 bits per heavy atom. The number of hydrogen-bond donors (Lipinski definition) is 0. The van der Waals surface area contributed by atoms with Crippen LogP contribution >= 0.6 is 0 Å². The Morgan fingerprint density at radius 3 is 1.76 bits per heavy atom. The molecule has 0 bridgehead atoms. The lowest BCUT2D eigenvalue weighted by Crippen LogP contribution is -2.35. The van der Waals surface area contributed by atoms with Crippen LogP contribution in [0.15, 0.2) is 60.7 Å². The molecular formula is C20H24O. The molecule has 1 fully saturated rings. The number of ether oxygens (including phenoxy) is 1. The summed E-state index contributed by atoms with van der Waals surface area (Å²) in [6.07, 6.45) is 5.09. The highest BCUT2D eigenvalue weighted by molar-refractivity contribution is 5.39. The van der Waals surface area contributed by atoms with Crippen LogP contribution in [0.4, 0.5) is 0 Å². The summed E-state index contributed by atoms with van der Waals surface area (Å²) in [7, 11) is 0. The molecule has 110 valence electrons. The average Bonchev–Trinajstić information content (AvgIpc) is 2.58. The third-order valence-electron chi connectivity index (χ3n) is 4.84. The second-order valence-corrected chi connectivity index (χ2v) is 5.97. The standard InChI is InChI=1S/C20H24O/c1-2-21-19-13-15-20(16-14-19,17-9-5-3-6-10-17)18-11-7-4-8-12-18/h3-12,19H,2,13-16H2,1H3. The summed E-state index contributed by atoms with van der Waals surface area (Å²) in [6.45, 7) is 2.92. The van der Waals surface area contributed by atoms with Gasteiger partial charge in [0.2, 0.25) is 0 Å². The van der Waals surface area contributed by atoms with Crippen molar-refractivity contribution in [3.63, 3.8) is 0 Å². The summed E-state index contributed by atoms with van der Waals surface area (Å²) >= 11 is 0. The van der Waals surface area contributed by atoms with E-state index in [0.29, 0.717) is 6.10 Å². The van der Waals surface area contributed by atoms with Crippen LogP contribution < -0.4 is 0 Å². The molecule has 0 saturated heterocycles. The van der Waals surface area contributed by atoms with Gasteiger partial charge in [0.15, 0.2) is 0 Å². The summed E-state index contributed by atoms with van der Waals surface area (Å²) < 4.78 is 5.85. The fourth-order valence-electron chi connectivity index (χ4n) is 3.74. The normalized spacial score (nSPS) is 18.5. The fourth-order valence-corrected chi connectivity index (χ4v) is 3.74. The Labute approximate surface area is 128 Å². The minimum absolute atomic E-state index is 0.163. The maximum absolute atomic E-state index is 5.85. The van der Waals surface area contributed by atoms with Gasteiger partial charge >= 0.3 is 0 Å². The molecule has 2 aromatic carbocycles. The molecule has 0 aromatic heterocycles. The first-order chi connectivity index (χ1) is 10.3. The molecule has 1 heteroatoms. The van der Waals surface area contributed by atoms with Gasteiger partial charge < -0.3 is 4.74 Å². The van der Waals surface area contributed by atoms with E-state index in [1.807, 2.05) is 0 Å². The lowest BCUT2D eigenvalue weighted by Gasteiger charge is -2.41. The molecule has 3 rings (SSSR count). The summed E-state index contributed by atoms with van der Waals surface area (Å²) in [6, 6.07) is 22.0. The molecule has 2 aromatic rings. The monoisotopic (exact) mass is 280 g/mol. The minimum atomic E-state index is 0.163. The topological polar surface area (TPSA) is 9.23 Å². The molecule has 21 heavy (non-hydrogen) atoms. The zero-order chi connectivity index (χ0) is 14.5. The van der Waals surface area contributed by atoms with Crippen molar-refractivity contribution < 1.29 is 4.74 Å². The minimum Gasteiger partial charge on any atom is -0.379 e. The lowest BCUT2D eigenvalue weighted by atomic mass is 9.65. The Kier molecular flexibility index (Phi) is 4.40. The van der Waals surface area contributed by atoms with Crippen molar-refractivity contribution in [1.29, 1.82) is 0 Å². The quantitative estimate of drug-likeness (QED) is 0.770. The van der Waals surface area contributed by atoms with Crippen molar-refractivity contribution in [3.05, 3.63) is 71.8 Å². The summed E-state index contributed by atoms with van der Waals surface area (Å²) in [4.78, 5) is 0. The highest BCUT2D eigenvalue weighted by atomic mass is 16.5. The van der Waals surface area contributed by atoms with Gasteiger partial charge in [-0.3, -0.25) is 0 Å². The van der Waals surface area contributed by atoms with Crippen LogP contribution in [-0.2, 0) is 10.2 Å². The van der Waals surface area contributed by atoms with Gasteiger partial charge in [0.25, 0.3) is 0 Å². The zero-order valence-corrected chi connectivity index (χ0v) is 12.8. The fraction of sp³-hybridized carbons (Fsp3) is 0.400. The summed E-state index contributed by atoms with van der Waals surface area (Å²) in [5.74, 6) is 0. The Hall–Kier alpha value is -1.60. The van der Waals surface area contributed by atoms with E-state index < -0.39 is 0 Å².